The van der Waals surface area contributed by atoms with Crippen molar-refractivity contribution in [3.8, 4) is 0 Å². The van der Waals surface area contributed by atoms with E-state index in [0.717, 1.165) is 17.5 Å². The highest BCUT2D eigenvalue weighted by Gasteiger charge is 2.18. The Kier molecular flexibility index (Phi) is 5.52. The summed E-state index contributed by atoms with van der Waals surface area (Å²) in [6.45, 7) is 5.43. The number of hydrogen-bond donors (Lipinski definition) is 1. The molecule has 0 bridgehead atoms. The van der Waals surface area contributed by atoms with Crippen LogP contribution in [0, 0.1) is 0 Å². The second-order valence-corrected chi connectivity index (χ2v) is 7.78. The summed E-state index contributed by atoms with van der Waals surface area (Å²) >= 11 is 4.02. The lowest BCUT2D eigenvalue weighted by Gasteiger charge is -2.06. The first-order valence-corrected chi connectivity index (χ1v) is 8.82. The first-order chi connectivity index (χ1) is 8.70. The van der Waals surface area contributed by atoms with Gasteiger partial charge in [-0.1, -0.05) is 26.7 Å². The fraction of sp³-hybridized carbons (Fsp3) is 0.786. The largest absolute Gasteiger partial charge is 0.315 e. The average Bonchev–Trinajstić information content (AvgIpc) is 2.95. The Bertz CT molecular complexity index is 368. The van der Waals surface area contributed by atoms with Gasteiger partial charge in [0.05, 0.1) is 5.69 Å². The minimum atomic E-state index is 0.537. The van der Waals surface area contributed by atoms with Crippen molar-refractivity contribution in [2.75, 3.05) is 7.05 Å². The molecule has 1 aliphatic carbocycles. The van der Waals surface area contributed by atoms with Gasteiger partial charge in [-0.2, -0.15) is 11.8 Å². The molecule has 0 spiro atoms. The monoisotopic (exact) mass is 284 g/mol. The molecule has 1 fully saturated rings. The van der Waals surface area contributed by atoms with E-state index in [9.17, 15) is 0 Å². The summed E-state index contributed by atoms with van der Waals surface area (Å²) in [4.78, 5) is 6.27. The van der Waals surface area contributed by atoms with Crippen LogP contribution in [0.3, 0.4) is 0 Å². The van der Waals surface area contributed by atoms with Gasteiger partial charge in [0.15, 0.2) is 0 Å². The summed E-state index contributed by atoms with van der Waals surface area (Å²) in [5.74, 6) is 1.65. The molecular weight excluding hydrogens is 260 g/mol. The Balaban J connectivity index is 1.96. The maximum absolute atomic E-state index is 4.85. The summed E-state index contributed by atoms with van der Waals surface area (Å²) in [6, 6.07) is 0. The minimum absolute atomic E-state index is 0.537. The van der Waals surface area contributed by atoms with Crippen LogP contribution in [0.15, 0.2) is 0 Å². The second kappa shape index (κ2) is 6.92. The van der Waals surface area contributed by atoms with Gasteiger partial charge in [-0.3, -0.25) is 0 Å². The molecule has 0 saturated heterocycles. The van der Waals surface area contributed by atoms with E-state index in [0.29, 0.717) is 5.92 Å². The quantitative estimate of drug-likeness (QED) is 0.849. The van der Waals surface area contributed by atoms with Gasteiger partial charge in [0.2, 0.25) is 0 Å². The number of nitrogens with zero attached hydrogens (tertiary/aromatic N) is 1. The fourth-order valence-electron chi connectivity index (χ4n) is 2.46. The normalized spacial score (nSPS) is 16.9. The van der Waals surface area contributed by atoms with Crippen molar-refractivity contribution < 1.29 is 0 Å². The molecule has 102 valence electrons. The zero-order chi connectivity index (χ0) is 13.0. The van der Waals surface area contributed by atoms with E-state index in [4.69, 9.17) is 4.98 Å². The van der Waals surface area contributed by atoms with Crippen LogP contribution in [-0.4, -0.2) is 17.3 Å². The van der Waals surface area contributed by atoms with Gasteiger partial charge >= 0.3 is 0 Å². The van der Waals surface area contributed by atoms with Crippen LogP contribution in [0.1, 0.15) is 61.0 Å². The highest BCUT2D eigenvalue weighted by atomic mass is 32.2. The molecule has 1 saturated carbocycles. The van der Waals surface area contributed by atoms with Gasteiger partial charge < -0.3 is 5.32 Å². The molecule has 0 atom stereocenters. The van der Waals surface area contributed by atoms with Crippen LogP contribution in [-0.2, 0) is 12.3 Å². The molecule has 0 amide bonds. The molecule has 1 aromatic heterocycles. The standard InChI is InChI=1S/C14H24N2S2/c1-10(2)14-12(8-15-3)18-13(16-14)9-17-11-6-4-5-7-11/h10-11,15H,4-9H2,1-3H3. The first kappa shape index (κ1) is 14.4. The maximum atomic E-state index is 4.85. The molecule has 4 heteroatoms. The van der Waals surface area contributed by atoms with E-state index in [1.165, 1.54) is 41.3 Å². The Morgan fingerprint density at radius 3 is 2.72 bits per heavy atom. The number of hydrogen-bond acceptors (Lipinski definition) is 4. The zero-order valence-corrected chi connectivity index (χ0v) is 13.3. The summed E-state index contributed by atoms with van der Waals surface area (Å²) in [7, 11) is 2.01. The van der Waals surface area contributed by atoms with Gasteiger partial charge in [0.25, 0.3) is 0 Å². The van der Waals surface area contributed by atoms with E-state index in [1.807, 2.05) is 18.4 Å². The van der Waals surface area contributed by atoms with Crippen LogP contribution in [0.2, 0.25) is 0 Å². The molecular formula is C14H24N2S2. The molecule has 1 heterocycles. The lowest BCUT2D eigenvalue weighted by Crippen LogP contribution is -2.06. The van der Waals surface area contributed by atoms with Crippen molar-refractivity contribution in [3.05, 3.63) is 15.6 Å². The van der Waals surface area contributed by atoms with E-state index in [2.05, 4.69) is 30.9 Å². The van der Waals surface area contributed by atoms with E-state index < -0.39 is 0 Å². The molecule has 18 heavy (non-hydrogen) atoms. The smallest absolute Gasteiger partial charge is 0.103 e. The lowest BCUT2D eigenvalue weighted by atomic mass is 10.1. The zero-order valence-electron chi connectivity index (χ0n) is 11.7. The van der Waals surface area contributed by atoms with Crippen molar-refractivity contribution in [2.24, 2.45) is 0 Å². The average molecular weight is 284 g/mol. The van der Waals surface area contributed by atoms with Crippen molar-refractivity contribution in [1.29, 1.82) is 0 Å². The van der Waals surface area contributed by atoms with Gasteiger partial charge in [-0.25, -0.2) is 4.98 Å². The van der Waals surface area contributed by atoms with Gasteiger partial charge in [0.1, 0.15) is 5.01 Å². The van der Waals surface area contributed by atoms with Crippen LogP contribution in [0.5, 0.6) is 0 Å². The fourth-order valence-corrected chi connectivity index (χ4v) is 5.04. The highest BCUT2D eigenvalue weighted by molar-refractivity contribution is 7.99. The SMILES string of the molecule is CNCc1sc(CSC2CCCC2)nc1C(C)C. The summed E-state index contributed by atoms with van der Waals surface area (Å²) < 4.78 is 0. The Morgan fingerprint density at radius 1 is 1.39 bits per heavy atom. The molecule has 0 unspecified atom stereocenters. The third-order valence-corrected chi connectivity index (χ3v) is 6.04. The summed E-state index contributed by atoms with van der Waals surface area (Å²) in [6.07, 6.45) is 5.68. The number of rotatable bonds is 6. The molecule has 2 rings (SSSR count). The predicted octanol–water partition coefficient (Wildman–Crippen LogP) is 4.16. The van der Waals surface area contributed by atoms with Crippen molar-refractivity contribution >= 4 is 23.1 Å². The van der Waals surface area contributed by atoms with Crippen molar-refractivity contribution in [2.45, 2.75) is 63.0 Å². The summed E-state index contributed by atoms with van der Waals surface area (Å²) in [5.41, 5.74) is 1.30. The number of thioether (sulfide) groups is 1. The molecule has 1 N–H and O–H groups in total. The van der Waals surface area contributed by atoms with Gasteiger partial charge in [-0.05, 0) is 25.8 Å². The van der Waals surface area contributed by atoms with Crippen LogP contribution < -0.4 is 5.32 Å². The molecule has 1 aromatic rings. The Morgan fingerprint density at radius 2 is 2.11 bits per heavy atom. The van der Waals surface area contributed by atoms with Crippen molar-refractivity contribution in [3.63, 3.8) is 0 Å². The summed E-state index contributed by atoms with van der Waals surface area (Å²) in [5, 5.41) is 5.47. The topological polar surface area (TPSA) is 24.9 Å². The van der Waals surface area contributed by atoms with Gasteiger partial charge in [-0.15, -0.1) is 11.3 Å². The molecule has 2 nitrogen and oxygen atoms in total. The molecule has 0 radical (unpaired) electrons. The van der Waals surface area contributed by atoms with E-state index in [1.54, 1.807) is 0 Å². The molecule has 0 aromatic carbocycles. The van der Waals surface area contributed by atoms with Crippen LogP contribution >= 0.6 is 23.1 Å². The highest BCUT2D eigenvalue weighted by Crippen LogP contribution is 2.34. The third kappa shape index (κ3) is 3.72. The van der Waals surface area contributed by atoms with Crippen LogP contribution in [0.25, 0.3) is 0 Å². The second-order valence-electron chi connectivity index (χ2n) is 5.32. The third-order valence-electron chi connectivity index (χ3n) is 3.40. The first-order valence-electron chi connectivity index (χ1n) is 6.95. The minimum Gasteiger partial charge on any atom is -0.315 e. The van der Waals surface area contributed by atoms with Crippen molar-refractivity contribution in [1.82, 2.24) is 10.3 Å². The van der Waals surface area contributed by atoms with E-state index in [-0.39, 0.29) is 0 Å². The van der Waals surface area contributed by atoms with Gasteiger partial charge in [0, 0.05) is 22.4 Å². The Hall–Kier alpha value is -0.0600. The van der Waals surface area contributed by atoms with E-state index >= 15 is 0 Å². The number of thiazole rings is 1. The molecule has 1 aliphatic rings. The number of nitrogens with one attached hydrogen (secondary N) is 1. The predicted molar refractivity (Wildman–Crippen MR) is 82.5 cm³/mol. The maximum Gasteiger partial charge on any atom is 0.103 e. The molecule has 0 aliphatic heterocycles. The lowest BCUT2D eigenvalue weighted by molar-refractivity contribution is 0.769. The van der Waals surface area contributed by atoms with Crippen LogP contribution in [0.4, 0.5) is 0 Å². The number of aromatic nitrogens is 1. The Labute approximate surface area is 119 Å².